The third kappa shape index (κ3) is 9.87. The molecule has 0 radical (unpaired) electrons. The van der Waals surface area contributed by atoms with Crippen molar-refractivity contribution in [3.8, 4) is 5.75 Å². The second kappa shape index (κ2) is 13.0. The van der Waals surface area contributed by atoms with Gasteiger partial charge in [0.15, 0.2) is 5.96 Å². The average Bonchev–Trinajstić information content (AvgIpc) is 2.62. The molecule has 0 unspecified atom stereocenters. The van der Waals surface area contributed by atoms with E-state index in [0.29, 0.717) is 25.5 Å². The second-order valence-corrected chi connectivity index (χ2v) is 6.99. The summed E-state index contributed by atoms with van der Waals surface area (Å²) in [6.45, 7) is 10.0. The fourth-order valence-corrected chi connectivity index (χ4v) is 2.56. The summed E-state index contributed by atoms with van der Waals surface area (Å²) in [4.78, 5) is 15.9. The summed E-state index contributed by atoms with van der Waals surface area (Å²) in [6.07, 6.45) is 3.84. The Bertz CT molecular complexity index is 600. The van der Waals surface area contributed by atoms with Gasteiger partial charge >= 0.3 is 0 Å². The number of amides is 1. The molecule has 0 atom stereocenters. The average molecular weight is 377 g/mol. The Labute approximate surface area is 164 Å². The number of nitrogens with zero attached hydrogens (tertiary/aromatic N) is 1. The molecule has 1 aromatic rings. The van der Waals surface area contributed by atoms with Crippen LogP contribution in [0.15, 0.2) is 23.2 Å². The van der Waals surface area contributed by atoms with Crippen LogP contribution in [-0.4, -0.2) is 38.1 Å². The van der Waals surface area contributed by atoms with Crippen LogP contribution in [-0.2, 0) is 11.3 Å². The first-order valence-corrected chi connectivity index (χ1v) is 9.92. The monoisotopic (exact) mass is 376 g/mol. The van der Waals surface area contributed by atoms with Gasteiger partial charge in [-0.1, -0.05) is 31.9 Å². The summed E-state index contributed by atoms with van der Waals surface area (Å²) in [5.41, 5.74) is 2.28. The largest absolute Gasteiger partial charge is 0.493 e. The van der Waals surface area contributed by atoms with E-state index in [-0.39, 0.29) is 11.9 Å². The number of nitrogens with one attached hydrogen (secondary N) is 3. The van der Waals surface area contributed by atoms with Gasteiger partial charge in [-0.2, -0.15) is 0 Å². The van der Waals surface area contributed by atoms with Crippen LogP contribution < -0.4 is 20.7 Å². The van der Waals surface area contributed by atoms with E-state index < -0.39 is 0 Å². The highest BCUT2D eigenvalue weighted by atomic mass is 16.5. The van der Waals surface area contributed by atoms with E-state index in [0.717, 1.165) is 24.3 Å². The van der Waals surface area contributed by atoms with Gasteiger partial charge in [0, 0.05) is 38.2 Å². The van der Waals surface area contributed by atoms with Crippen molar-refractivity contribution in [2.24, 2.45) is 4.99 Å². The zero-order chi connectivity index (χ0) is 20.1. The van der Waals surface area contributed by atoms with E-state index in [1.807, 2.05) is 13.8 Å². The lowest BCUT2D eigenvalue weighted by atomic mass is 10.1. The van der Waals surface area contributed by atoms with Gasteiger partial charge in [-0.25, -0.2) is 0 Å². The van der Waals surface area contributed by atoms with Gasteiger partial charge in [0.05, 0.1) is 6.61 Å². The molecule has 152 valence electrons. The van der Waals surface area contributed by atoms with Crippen molar-refractivity contribution in [2.75, 3.05) is 20.2 Å². The molecule has 0 heterocycles. The molecule has 1 amide bonds. The predicted octanol–water partition coefficient (Wildman–Crippen LogP) is 3.14. The Morgan fingerprint density at radius 2 is 2.00 bits per heavy atom. The predicted molar refractivity (Wildman–Crippen MR) is 112 cm³/mol. The highest BCUT2D eigenvalue weighted by Gasteiger charge is 2.07. The number of benzene rings is 1. The van der Waals surface area contributed by atoms with Crippen LogP contribution in [0.2, 0.25) is 0 Å². The molecule has 6 heteroatoms. The SMILES string of the molecule is CCCCCOc1cc(C)ccc1CNC(=NC)NCCC(=O)NC(C)C. The summed E-state index contributed by atoms with van der Waals surface area (Å²) < 4.78 is 5.98. The van der Waals surface area contributed by atoms with Crippen molar-refractivity contribution in [2.45, 2.75) is 66.0 Å². The molecule has 0 aliphatic heterocycles. The molecule has 0 aliphatic rings. The van der Waals surface area contributed by atoms with Crippen LogP contribution in [0.1, 0.15) is 57.6 Å². The molecule has 1 aromatic carbocycles. The molecule has 0 saturated heterocycles. The minimum Gasteiger partial charge on any atom is -0.493 e. The summed E-state index contributed by atoms with van der Waals surface area (Å²) in [5, 5.41) is 9.34. The molecule has 27 heavy (non-hydrogen) atoms. The highest BCUT2D eigenvalue weighted by molar-refractivity contribution is 5.81. The molecule has 6 nitrogen and oxygen atoms in total. The topological polar surface area (TPSA) is 74.8 Å². The van der Waals surface area contributed by atoms with Crippen molar-refractivity contribution >= 4 is 11.9 Å². The molecule has 0 bridgehead atoms. The molecule has 0 saturated carbocycles. The van der Waals surface area contributed by atoms with Crippen molar-refractivity contribution in [3.05, 3.63) is 29.3 Å². The standard InChI is InChI=1S/C21H36N4O2/c1-6-7-8-13-27-19-14-17(4)9-10-18(19)15-24-21(22-5)23-12-11-20(26)25-16(2)3/h9-10,14,16H,6-8,11-13,15H2,1-5H3,(H,25,26)(H2,22,23,24). The van der Waals surface area contributed by atoms with Crippen LogP contribution in [0.4, 0.5) is 0 Å². The van der Waals surface area contributed by atoms with Gasteiger partial charge in [-0.3, -0.25) is 9.79 Å². The highest BCUT2D eigenvalue weighted by Crippen LogP contribution is 2.20. The number of guanidine groups is 1. The molecular formula is C21H36N4O2. The first kappa shape index (κ1) is 22.8. The lowest BCUT2D eigenvalue weighted by Gasteiger charge is -2.16. The summed E-state index contributed by atoms with van der Waals surface area (Å²) in [5.74, 6) is 1.63. The molecule has 0 aromatic heterocycles. The van der Waals surface area contributed by atoms with Gasteiger partial charge in [-0.15, -0.1) is 0 Å². The summed E-state index contributed by atoms with van der Waals surface area (Å²) >= 11 is 0. The molecule has 3 N–H and O–H groups in total. The first-order chi connectivity index (χ1) is 13.0. The lowest BCUT2D eigenvalue weighted by molar-refractivity contribution is -0.121. The number of hydrogen-bond donors (Lipinski definition) is 3. The van der Waals surface area contributed by atoms with E-state index in [1.54, 1.807) is 7.05 Å². The Morgan fingerprint density at radius 1 is 1.22 bits per heavy atom. The maximum atomic E-state index is 11.7. The third-order valence-electron chi connectivity index (χ3n) is 3.99. The van der Waals surface area contributed by atoms with E-state index in [9.17, 15) is 4.79 Å². The van der Waals surface area contributed by atoms with Gasteiger partial charge < -0.3 is 20.7 Å². The van der Waals surface area contributed by atoms with E-state index >= 15 is 0 Å². The number of aliphatic imine (C=N–C) groups is 1. The van der Waals surface area contributed by atoms with Gasteiger partial charge in [0.1, 0.15) is 5.75 Å². The molecule has 0 aliphatic carbocycles. The minimum absolute atomic E-state index is 0.0363. The van der Waals surface area contributed by atoms with Gasteiger partial charge in [0.2, 0.25) is 5.91 Å². The zero-order valence-corrected chi connectivity index (χ0v) is 17.5. The van der Waals surface area contributed by atoms with Crippen molar-refractivity contribution in [1.29, 1.82) is 0 Å². The van der Waals surface area contributed by atoms with Crippen LogP contribution in [0.25, 0.3) is 0 Å². The molecular weight excluding hydrogens is 340 g/mol. The van der Waals surface area contributed by atoms with Gasteiger partial charge in [0.25, 0.3) is 0 Å². The number of hydrogen-bond acceptors (Lipinski definition) is 3. The summed E-state index contributed by atoms with van der Waals surface area (Å²) in [7, 11) is 1.72. The first-order valence-electron chi connectivity index (χ1n) is 9.92. The number of aryl methyl sites for hydroxylation is 1. The number of rotatable bonds is 11. The molecule has 1 rings (SSSR count). The smallest absolute Gasteiger partial charge is 0.221 e. The van der Waals surface area contributed by atoms with E-state index in [4.69, 9.17) is 4.74 Å². The number of carbonyl (C=O) groups is 1. The number of unbranched alkanes of at least 4 members (excludes halogenated alkanes) is 2. The quantitative estimate of drug-likeness (QED) is 0.315. The zero-order valence-electron chi connectivity index (χ0n) is 17.5. The van der Waals surface area contributed by atoms with Crippen LogP contribution >= 0.6 is 0 Å². The molecule has 0 spiro atoms. The fraction of sp³-hybridized carbons (Fsp3) is 0.619. The number of carbonyl (C=O) groups excluding carboxylic acids is 1. The van der Waals surface area contributed by atoms with Crippen molar-refractivity contribution in [1.82, 2.24) is 16.0 Å². The second-order valence-electron chi connectivity index (χ2n) is 6.99. The van der Waals surface area contributed by atoms with E-state index in [1.165, 1.54) is 18.4 Å². The third-order valence-corrected chi connectivity index (χ3v) is 3.99. The van der Waals surface area contributed by atoms with E-state index in [2.05, 4.69) is 53.0 Å². The normalized spacial score (nSPS) is 11.4. The van der Waals surface area contributed by atoms with Crippen LogP contribution in [0, 0.1) is 6.92 Å². The van der Waals surface area contributed by atoms with Crippen LogP contribution in [0.3, 0.4) is 0 Å². The lowest BCUT2D eigenvalue weighted by Crippen LogP contribution is -2.39. The molecule has 0 fully saturated rings. The number of ether oxygens (including phenoxy) is 1. The Balaban J connectivity index is 2.50. The van der Waals surface area contributed by atoms with Crippen molar-refractivity contribution < 1.29 is 9.53 Å². The Hall–Kier alpha value is -2.24. The van der Waals surface area contributed by atoms with Crippen LogP contribution in [0.5, 0.6) is 5.75 Å². The Kier molecular flexibility index (Phi) is 11.0. The maximum absolute atomic E-state index is 11.7. The maximum Gasteiger partial charge on any atom is 0.221 e. The van der Waals surface area contributed by atoms with Crippen molar-refractivity contribution in [3.63, 3.8) is 0 Å². The fourth-order valence-electron chi connectivity index (χ4n) is 2.56. The Morgan fingerprint density at radius 3 is 2.67 bits per heavy atom. The minimum atomic E-state index is 0.0363. The summed E-state index contributed by atoms with van der Waals surface area (Å²) in [6, 6.07) is 6.41. The van der Waals surface area contributed by atoms with Gasteiger partial charge in [-0.05, 0) is 38.8 Å².